The zero-order chi connectivity index (χ0) is 43.5. The number of methoxy groups -OCH3 is 2. The zero-order valence-corrected chi connectivity index (χ0v) is 37.0. The lowest BCUT2D eigenvalue weighted by Crippen LogP contribution is -2.28. The van der Waals surface area contributed by atoms with E-state index in [1.165, 1.54) is 18.4 Å². The zero-order valence-electron chi connectivity index (χ0n) is 37.0. The Hall–Kier alpha value is -5.32. The average Bonchev–Trinajstić information content (AvgIpc) is 3.99. The smallest absolute Gasteiger partial charge is 0.335 e. The third-order valence-electron chi connectivity index (χ3n) is 13.3. The van der Waals surface area contributed by atoms with Crippen LogP contribution in [0.5, 0.6) is 0 Å². The number of aromatic carboxylic acids is 2. The van der Waals surface area contributed by atoms with E-state index in [0.29, 0.717) is 19.1 Å². The largest absolute Gasteiger partial charge is 0.485 e. The minimum absolute atomic E-state index is 0.108. The molecule has 0 saturated heterocycles. The second kappa shape index (κ2) is 18.3. The number of fused-ring (bicyclic) bond motifs is 2. The van der Waals surface area contributed by atoms with Gasteiger partial charge in [-0.15, -0.1) is 0 Å². The van der Waals surface area contributed by atoms with E-state index in [1.807, 2.05) is 31.3 Å². The first-order valence-electron chi connectivity index (χ1n) is 21.9. The van der Waals surface area contributed by atoms with Crippen LogP contribution >= 0.6 is 0 Å². The minimum Gasteiger partial charge on any atom is -0.485 e. The molecule has 2 aromatic carbocycles. The number of carbonyl (C=O) groups is 2. The van der Waals surface area contributed by atoms with Gasteiger partial charge in [0.1, 0.15) is 18.9 Å². The molecule has 4 aliphatic rings. The summed E-state index contributed by atoms with van der Waals surface area (Å²) in [5.41, 5.74) is 9.37. The number of ether oxygens (including phenoxy) is 3. The summed E-state index contributed by atoms with van der Waals surface area (Å²) in [5.74, 6) is -0.556. The fourth-order valence-corrected chi connectivity index (χ4v) is 9.89. The number of hydrogen-bond donors (Lipinski definition) is 2. The van der Waals surface area contributed by atoms with E-state index in [1.54, 1.807) is 26.4 Å². The van der Waals surface area contributed by atoms with Crippen LogP contribution in [-0.4, -0.2) is 73.0 Å². The molecule has 3 heterocycles. The van der Waals surface area contributed by atoms with E-state index in [9.17, 15) is 19.8 Å². The summed E-state index contributed by atoms with van der Waals surface area (Å²) >= 11 is 0. The Labute approximate surface area is 361 Å². The van der Waals surface area contributed by atoms with Gasteiger partial charge in [0.15, 0.2) is 24.7 Å². The van der Waals surface area contributed by atoms with Gasteiger partial charge in [0.25, 0.3) is 0 Å². The molecule has 0 spiro atoms. The van der Waals surface area contributed by atoms with E-state index in [4.69, 9.17) is 14.2 Å². The number of aryl methyl sites for hydroxylation is 1. The fourth-order valence-electron chi connectivity index (χ4n) is 9.89. The standard InChI is InChI=1S/C51H61N3O7/c1-50(2)40-32-38(48(55)56)16-20-42(40)53(26-10-30-59-6)44(50)22-18-35-14-15-36(47(35)61-46(34-12-8-9-13-34)37-24-28-52(5)29-25-37)19-23-45-51(3,4)41-33-39(49(57)58)17-21-43(41)54(45)27-11-31-60-7/h16-25,28-29,32-34,46H,8-15,26-27,30-31H2,1-7H3/p+2. The molecule has 0 amide bonds. The highest BCUT2D eigenvalue weighted by molar-refractivity contribution is 6.04. The summed E-state index contributed by atoms with van der Waals surface area (Å²) in [6.45, 7) is 11.4. The lowest BCUT2D eigenvalue weighted by atomic mass is 9.80. The van der Waals surface area contributed by atoms with E-state index >= 15 is 0 Å². The predicted molar refractivity (Wildman–Crippen MR) is 238 cm³/mol. The normalized spacial score (nSPS) is 20.1. The Morgan fingerprint density at radius 3 is 2.16 bits per heavy atom. The molecule has 0 bridgehead atoms. The third-order valence-corrected chi connectivity index (χ3v) is 13.3. The van der Waals surface area contributed by atoms with Gasteiger partial charge in [-0.1, -0.05) is 32.8 Å². The van der Waals surface area contributed by atoms with Crippen molar-refractivity contribution in [3.05, 3.63) is 136 Å². The van der Waals surface area contributed by atoms with E-state index < -0.39 is 22.8 Å². The number of carboxylic acid groups (broad SMARTS) is 2. The van der Waals surface area contributed by atoms with Crippen molar-refractivity contribution in [3.8, 4) is 0 Å². The molecule has 61 heavy (non-hydrogen) atoms. The van der Waals surface area contributed by atoms with Crippen molar-refractivity contribution in [1.82, 2.24) is 0 Å². The topological polar surface area (TPSA) is 112 Å². The number of anilines is 1. The van der Waals surface area contributed by atoms with Crippen molar-refractivity contribution in [1.29, 1.82) is 0 Å². The van der Waals surface area contributed by atoms with Crippen LogP contribution in [0.2, 0.25) is 0 Å². The van der Waals surface area contributed by atoms with Crippen LogP contribution in [0.1, 0.15) is 123 Å². The Balaban J connectivity index is 1.34. The van der Waals surface area contributed by atoms with Crippen LogP contribution in [0.25, 0.3) is 0 Å². The number of carboxylic acids is 2. The van der Waals surface area contributed by atoms with Crippen LogP contribution in [0.15, 0.2) is 108 Å². The van der Waals surface area contributed by atoms with Gasteiger partial charge in [-0.3, -0.25) is 0 Å². The fraction of sp³-hybridized carbons (Fsp3) is 0.451. The highest BCUT2D eigenvalue weighted by atomic mass is 16.5. The van der Waals surface area contributed by atoms with Gasteiger partial charge in [-0.25, -0.2) is 14.2 Å². The quantitative estimate of drug-likeness (QED) is 0.102. The van der Waals surface area contributed by atoms with Crippen LogP contribution < -0.4 is 9.47 Å². The van der Waals surface area contributed by atoms with Crippen LogP contribution in [0, 0.1) is 5.92 Å². The Kier molecular flexibility index (Phi) is 13.2. The first kappa shape index (κ1) is 43.8. The van der Waals surface area contributed by atoms with Gasteiger partial charge in [0, 0.05) is 91.9 Å². The molecule has 1 atom stereocenters. The summed E-state index contributed by atoms with van der Waals surface area (Å²) in [7, 11) is 5.47. The molecule has 1 saturated carbocycles. The van der Waals surface area contributed by atoms with Crippen molar-refractivity contribution in [3.63, 3.8) is 0 Å². The van der Waals surface area contributed by atoms with E-state index in [0.717, 1.165) is 102 Å². The highest BCUT2D eigenvalue weighted by Gasteiger charge is 2.45. The minimum atomic E-state index is -0.933. The summed E-state index contributed by atoms with van der Waals surface area (Å²) in [6.07, 6.45) is 20.9. The number of hydrogen-bond acceptors (Lipinski definition) is 6. The molecule has 322 valence electrons. The summed E-state index contributed by atoms with van der Waals surface area (Å²) in [4.78, 5) is 26.5. The summed E-state index contributed by atoms with van der Waals surface area (Å²) in [6, 6.07) is 15.3. The lowest BCUT2D eigenvalue weighted by molar-refractivity contribution is -0.671. The van der Waals surface area contributed by atoms with Gasteiger partial charge in [-0.2, -0.15) is 4.58 Å². The van der Waals surface area contributed by atoms with E-state index in [-0.39, 0.29) is 17.2 Å². The van der Waals surface area contributed by atoms with Gasteiger partial charge >= 0.3 is 11.9 Å². The monoisotopic (exact) mass is 829 g/mol. The maximum atomic E-state index is 12.1. The Bertz CT molecular complexity index is 2310. The number of rotatable bonds is 17. The van der Waals surface area contributed by atoms with Gasteiger partial charge in [-0.05, 0) is 105 Å². The second-order valence-electron chi connectivity index (χ2n) is 18.0. The number of aromatic nitrogens is 1. The highest BCUT2D eigenvalue weighted by Crippen LogP contribution is 2.49. The number of nitrogens with zero attached hydrogens (tertiary/aromatic N) is 3. The molecule has 1 unspecified atom stereocenters. The SMILES string of the molecule is COCCCN1/C(=C/C=C2\CCC(/C=C/C3=[N+](CCCOC)c4ccc(C(=O)O)cc4C3(C)C)=C2OC(c2cc[n+](C)cc2)C2CCCC2)C(C)(C)c2cc(C(=O)O)ccc21. The molecule has 2 N–H and O–H groups in total. The third kappa shape index (κ3) is 8.89. The molecule has 2 aliphatic heterocycles. The molecular formula is C51H63N3O7+2. The molecule has 10 heteroatoms. The molecule has 2 aliphatic carbocycles. The molecular weight excluding hydrogens is 767 g/mol. The van der Waals surface area contributed by atoms with Crippen molar-refractivity contribution >= 4 is 29.0 Å². The molecule has 3 aromatic rings. The predicted octanol–water partition coefficient (Wildman–Crippen LogP) is 9.52. The van der Waals surface area contributed by atoms with Crippen LogP contribution in [-0.2, 0) is 32.1 Å². The molecule has 10 nitrogen and oxygen atoms in total. The first-order chi connectivity index (χ1) is 29.3. The maximum absolute atomic E-state index is 12.1. The molecule has 1 fully saturated rings. The van der Waals surface area contributed by atoms with Gasteiger partial charge in [0.2, 0.25) is 5.69 Å². The van der Waals surface area contributed by atoms with Crippen molar-refractivity contribution < 1.29 is 43.2 Å². The van der Waals surface area contributed by atoms with Gasteiger partial charge < -0.3 is 29.3 Å². The molecule has 0 radical (unpaired) electrons. The van der Waals surface area contributed by atoms with Crippen LogP contribution in [0.3, 0.4) is 0 Å². The molecule has 7 rings (SSSR count). The lowest BCUT2D eigenvalue weighted by Gasteiger charge is -2.28. The van der Waals surface area contributed by atoms with Crippen molar-refractivity contribution in [2.75, 3.05) is 45.4 Å². The second-order valence-corrected chi connectivity index (χ2v) is 18.0. The maximum Gasteiger partial charge on any atom is 0.335 e. The summed E-state index contributed by atoms with van der Waals surface area (Å²) in [5, 5.41) is 19.8. The van der Waals surface area contributed by atoms with Gasteiger partial charge in [0.05, 0.1) is 23.1 Å². The number of pyridine rings is 1. The van der Waals surface area contributed by atoms with Crippen molar-refractivity contribution in [2.45, 2.75) is 96.0 Å². The van der Waals surface area contributed by atoms with E-state index in [2.05, 4.69) is 90.6 Å². The number of allylic oxidation sites excluding steroid dienone is 7. The number of benzene rings is 2. The Morgan fingerprint density at radius 1 is 0.836 bits per heavy atom. The van der Waals surface area contributed by atoms with Crippen LogP contribution in [0.4, 0.5) is 11.4 Å². The van der Waals surface area contributed by atoms with Crippen molar-refractivity contribution in [2.24, 2.45) is 13.0 Å². The average molecular weight is 830 g/mol. The first-order valence-corrected chi connectivity index (χ1v) is 21.9. The molecule has 1 aromatic heterocycles. The summed E-state index contributed by atoms with van der Waals surface area (Å²) < 4.78 is 22.7. The Morgan fingerprint density at radius 2 is 1.49 bits per heavy atom.